The van der Waals surface area contributed by atoms with E-state index in [0.29, 0.717) is 16.6 Å². The monoisotopic (exact) mass is 299 g/mol. The normalized spacial score (nSPS) is 31.2. The van der Waals surface area contributed by atoms with Gasteiger partial charge in [0.1, 0.15) is 11.0 Å². The first-order valence-corrected chi connectivity index (χ1v) is 7.10. The van der Waals surface area contributed by atoms with Gasteiger partial charge in [0, 0.05) is 5.92 Å². The minimum atomic E-state index is 0.136. The second-order valence-electron chi connectivity index (χ2n) is 5.19. The van der Waals surface area contributed by atoms with Crippen LogP contribution in [0.3, 0.4) is 0 Å². The van der Waals surface area contributed by atoms with Crippen molar-refractivity contribution in [2.45, 2.75) is 38.9 Å². The number of nitrogens with zero attached hydrogens (tertiary/aromatic N) is 2. The summed E-state index contributed by atoms with van der Waals surface area (Å²) in [6, 6.07) is 1.76. The highest BCUT2D eigenvalue weighted by Gasteiger charge is 2.39. The third kappa shape index (κ3) is 2.12. The predicted octanol–water partition coefficient (Wildman–Crippen LogP) is 3.79. The molecule has 2 aromatic rings. The molecule has 0 spiro atoms. The molecule has 1 aliphatic heterocycles. The smallest absolute Gasteiger partial charge is 0.179 e. The van der Waals surface area contributed by atoms with Gasteiger partial charge in [0.15, 0.2) is 5.65 Å². The molecule has 0 radical (unpaired) electrons. The Morgan fingerprint density at radius 2 is 1.89 bits per heavy atom. The molecule has 1 saturated heterocycles. The first kappa shape index (κ1) is 13.2. The Balaban J connectivity index is 2.06. The van der Waals surface area contributed by atoms with Crippen molar-refractivity contribution in [3.63, 3.8) is 0 Å². The van der Waals surface area contributed by atoms with E-state index in [4.69, 9.17) is 27.9 Å². The highest BCUT2D eigenvalue weighted by molar-refractivity contribution is 6.41. The number of aromatic amines is 1. The Hall–Kier alpha value is -0.840. The fraction of sp³-hybridized carbons (Fsp3) is 0.538. The summed E-state index contributed by atoms with van der Waals surface area (Å²) < 4.78 is 5.85. The first-order valence-electron chi connectivity index (χ1n) is 6.34. The molecule has 3 rings (SSSR count). The Bertz CT molecular complexity index is 589. The summed E-state index contributed by atoms with van der Waals surface area (Å²) in [5, 5.41) is 0.714. The quantitative estimate of drug-likeness (QED) is 0.815. The van der Waals surface area contributed by atoms with E-state index < -0.39 is 0 Å². The molecule has 1 fully saturated rings. The molecule has 0 amide bonds. The van der Waals surface area contributed by atoms with Gasteiger partial charge < -0.3 is 9.72 Å². The minimum Gasteiger partial charge on any atom is -0.374 e. The van der Waals surface area contributed by atoms with Gasteiger partial charge in [0.05, 0.1) is 22.7 Å². The van der Waals surface area contributed by atoms with Gasteiger partial charge in [-0.1, -0.05) is 30.1 Å². The summed E-state index contributed by atoms with van der Waals surface area (Å²) in [6.45, 7) is 6.35. The summed E-state index contributed by atoms with van der Waals surface area (Å²) in [7, 11) is 0. The molecule has 0 aromatic carbocycles. The van der Waals surface area contributed by atoms with Crippen molar-refractivity contribution in [2.24, 2.45) is 5.92 Å². The molecule has 1 aliphatic rings. The van der Waals surface area contributed by atoms with E-state index in [-0.39, 0.29) is 23.3 Å². The van der Waals surface area contributed by atoms with Crippen molar-refractivity contribution in [3.8, 4) is 0 Å². The molecule has 0 saturated carbocycles. The van der Waals surface area contributed by atoms with Crippen molar-refractivity contribution < 1.29 is 4.74 Å². The number of aromatic nitrogens is 3. The van der Waals surface area contributed by atoms with Crippen LogP contribution in [0.1, 0.15) is 32.5 Å². The van der Waals surface area contributed by atoms with E-state index in [0.717, 1.165) is 11.3 Å². The van der Waals surface area contributed by atoms with Gasteiger partial charge >= 0.3 is 0 Å². The number of ether oxygens (including phenoxy) is 1. The molecule has 19 heavy (non-hydrogen) atoms. The number of pyridine rings is 1. The lowest BCUT2D eigenvalue weighted by atomic mass is 9.89. The second kappa shape index (κ2) is 4.62. The number of hydrogen-bond acceptors (Lipinski definition) is 3. The van der Waals surface area contributed by atoms with Gasteiger partial charge in [0.2, 0.25) is 0 Å². The number of hydrogen-bond donors (Lipinski definition) is 1. The Morgan fingerprint density at radius 3 is 2.53 bits per heavy atom. The maximum absolute atomic E-state index is 5.97. The lowest BCUT2D eigenvalue weighted by Crippen LogP contribution is -2.16. The van der Waals surface area contributed by atoms with E-state index in [1.54, 1.807) is 6.07 Å². The van der Waals surface area contributed by atoms with Gasteiger partial charge in [-0.05, 0) is 25.8 Å². The average Bonchev–Trinajstić information content (AvgIpc) is 2.82. The van der Waals surface area contributed by atoms with Crippen LogP contribution >= 0.6 is 23.2 Å². The number of H-pyrrole nitrogens is 1. The van der Waals surface area contributed by atoms with Gasteiger partial charge in [-0.2, -0.15) is 0 Å². The molecule has 3 heterocycles. The lowest BCUT2D eigenvalue weighted by molar-refractivity contribution is 0.0554. The summed E-state index contributed by atoms with van der Waals surface area (Å²) in [6.07, 6.45) is 0.366. The maximum atomic E-state index is 5.97. The molecular weight excluding hydrogens is 285 g/mol. The Kier molecular flexibility index (Phi) is 3.20. The maximum Gasteiger partial charge on any atom is 0.179 e. The van der Waals surface area contributed by atoms with E-state index in [2.05, 4.69) is 35.7 Å². The molecule has 4 unspecified atom stereocenters. The zero-order valence-electron chi connectivity index (χ0n) is 10.9. The average molecular weight is 300 g/mol. The molecule has 6 heteroatoms. The van der Waals surface area contributed by atoms with Crippen LogP contribution in [0.15, 0.2) is 6.07 Å². The molecular formula is C13H15Cl2N3O. The largest absolute Gasteiger partial charge is 0.374 e. The van der Waals surface area contributed by atoms with Crippen molar-refractivity contribution >= 4 is 34.4 Å². The zero-order chi connectivity index (χ0) is 13.7. The summed E-state index contributed by atoms with van der Waals surface area (Å²) >= 11 is 11.9. The van der Waals surface area contributed by atoms with Crippen molar-refractivity contribution in [1.29, 1.82) is 0 Å². The molecule has 4 nitrogen and oxygen atoms in total. The van der Waals surface area contributed by atoms with E-state index in [9.17, 15) is 0 Å². The molecule has 4 atom stereocenters. The zero-order valence-corrected chi connectivity index (χ0v) is 12.5. The molecule has 0 aliphatic carbocycles. The van der Waals surface area contributed by atoms with E-state index in [1.165, 1.54) is 0 Å². The summed E-state index contributed by atoms with van der Waals surface area (Å²) in [5.74, 6) is 1.54. The standard InChI is InChI=1S/C13H15Cl2N3O/c1-5-6(2)19-7(3)10(5)13-16-9-4-8(14)11(15)17-12(9)18-13/h4-7,10H,1-3H3,(H,16,17,18). The van der Waals surface area contributed by atoms with Gasteiger partial charge in [-0.3, -0.25) is 0 Å². The third-order valence-corrected chi connectivity index (χ3v) is 4.63. The van der Waals surface area contributed by atoms with Crippen molar-refractivity contribution in [2.75, 3.05) is 0 Å². The van der Waals surface area contributed by atoms with Gasteiger partial charge in [-0.25, -0.2) is 9.97 Å². The van der Waals surface area contributed by atoms with Crippen LogP contribution in [0.2, 0.25) is 10.2 Å². The molecule has 2 aromatic heterocycles. The number of rotatable bonds is 1. The highest BCUT2D eigenvalue weighted by Crippen LogP contribution is 2.39. The lowest BCUT2D eigenvalue weighted by Gasteiger charge is -2.15. The van der Waals surface area contributed by atoms with Crippen LogP contribution in [0.4, 0.5) is 0 Å². The summed E-state index contributed by atoms with van der Waals surface area (Å²) in [5.41, 5.74) is 1.41. The number of fused-ring (bicyclic) bond motifs is 1. The molecule has 0 bridgehead atoms. The summed E-state index contributed by atoms with van der Waals surface area (Å²) in [4.78, 5) is 12.0. The van der Waals surface area contributed by atoms with Gasteiger partial charge in [-0.15, -0.1) is 0 Å². The Labute approximate surface area is 121 Å². The third-order valence-electron chi connectivity index (χ3n) is 3.96. The minimum absolute atomic E-state index is 0.136. The highest BCUT2D eigenvalue weighted by atomic mass is 35.5. The van der Waals surface area contributed by atoms with Crippen LogP contribution in [0, 0.1) is 5.92 Å². The predicted molar refractivity (Wildman–Crippen MR) is 75.8 cm³/mol. The number of imidazole rings is 1. The molecule has 1 N–H and O–H groups in total. The van der Waals surface area contributed by atoms with Crippen molar-refractivity contribution in [1.82, 2.24) is 15.0 Å². The van der Waals surface area contributed by atoms with Crippen LogP contribution < -0.4 is 0 Å². The first-order chi connectivity index (χ1) is 8.97. The fourth-order valence-corrected chi connectivity index (χ4v) is 3.10. The molecule has 102 valence electrons. The van der Waals surface area contributed by atoms with Crippen LogP contribution in [0.5, 0.6) is 0 Å². The van der Waals surface area contributed by atoms with Crippen molar-refractivity contribution in [3.05, 3.63) is 22.1 Å². The Morgan fingerprint density at radius 1 is 1.16 bits per heavy atom. The van der Waals surface area contributed by atoms with E-state index >= 15 is 0 Å². The second-order valence-corrected chi connectivity index (χ2v) is 5.95. The van der Waals surface area contributed by atoms with Gasteiger partial charge in [0.25, 0.3) is 0 Å². The SMILES string of the molecule is CC1OC(C)C(c2nc3nc(Cl)c(Cl)cc3[nH]2)C1C. The van der Waals surface area contributed by atoms with Crippen LogP contribution in [0.25, 0.3) is 11.2 Å². The van der Waals surface area contributed by atoms with E-state index in [1.807, 2.05) is 0 Å². The number of halogens is 2. The van der Waals surface area contributed by atoms with Crippen LogP contribution in [-0.2, 0) is 4.74 Å². The topological polar surface area (TPSA) is 50.8 Å². The fourth-order valence-electron chi connectivity index (χ4n) is 2.81. The number of nitrogens with one attached hydrogen (secondary N) is 1. The van der Waals surface area contributed by atoms with Crippen LogP contribution in [-0.4, -0.2) is 27.2 Å².